The fraction of sp³-hybridized carbons (Fsp3) is 0.357. The molecule has 18 heavy (non-hydrogen) atoms. The Kier molecular flexibility index (Phi) is 3.99. The van der Waals surface area contributed by atoms with E-state index in [1.807, 2.05) is 32.0 Å². The first-order chi connectivity index (χ1) is 8.70. The summed E-state index contributed by atoms with van der Waals surface area (Å²) >= 11 is 0. The van der Waals surface area contributed by atoms with E-state index in [2.05, 4.69) is 10.6 Å². The number of hydrogen-bond acceptors (Lipinski definition) is 3. The number of aryl methyl sites for hydroxylation is 1. The zero-order valence-corrected chi connectivity index (χ0v) is 10.7. The lowest BCUT2D eigenvalue weighted by Crippen LogP contribution is -2.31. The van der Waals surface area contributed by atoms with Gasteiger partial charge in [-0.25, -0.2) is 0 Å². The summed E-state index contributed by atoms with van der Waals surface area (Å²) in [5, 5.41) is 6.92. The lowest BCUT2D eigenvalue weighted by atomic mass is 10.2. The summed E-state index contributed by atoms with van der Waals surface area (Å²) in [6, 6.07) is 7.65. The Hall–Kier alpha value is -1.81. The molecule has 4 nitrogen and oxygen atoms in total. The fourth-order valence-electron chi connectivity index (χ4n) is 1.80. The second kappa shape index (κ2) is 5.69. The Balaban J connectivity index is 2.04. The molecule has 1 amide bonds. The number of amides is 1. The van der Waals surface area contributed by atoms with Crippen LogP contribution in [0.15, 0.2) is 28.7 Å². The zero-order chi connectivity index (χ0) is 13.0. The number of rotatable bonds is 5. The largest absolute Gasteiger partial charge is 0.451 e. The molecule has 96 valence electrons. The zero-order valence-electron chi connectivity index (χ0n) is 10.7. The maximum absolute atomic E-state index is 11.8. The molecule has 0 saturated heterocycles. The Morgan fingerprint density at radius 1 is 1.28 bits per heavy atom. The van der Waals surface area contributed by atoms with Crippen LogP contribution in [-0.4, -0.2) is 25.5 Å². The quantitative estimate of drug-likeness (QED) is 0.794. The van der Waals surface area contributed by atoms with Gasteiger partial charge in [0, 0.05) is 18.5 Å². The van der Waals surface area contributed by atoms with E-state index in [0.29, 0.717) is 12.3 Å². The minimum atomic E-state index is -0.165. The van der Waals surface area contributed by atoms with E-state index < -0.39 is 0 Å². The highest BCUT2D eigenvalue weighted by atomic mass is 16.3. The number of nitrogens with one attached hydrogen (secondary N) is 2. The van der Waals surface area contributed by atoms with Crippen LogP contribution in [0.3, 0.4) is 0 Å². The van der Waals surface area contributed by atoms with E-state index in [4.69, 9.17) is 4.42 Å². The molecule has 2 rings (SSSR count). The third kappa shape index (κ3) is 2.90. The van der Waals surface area contributed by atoms with Gasteiger partial charge in [-0.15, -0.1) is 0 Å². The van der Waals surface area contributed by atoms with Crippen molar-refractivity contribution in [3.05, 3.63) is 35.6 Å². The third-order valence-electron chi connectivity index (χ3n) is 2.73. The van der Waals surface area contributed by atoms with Crippen LogP contribution in [0.5, 0.6) is 0 Å². The molecule has 0 fully saturated rings. The van der Waals surface area contributed by atoms with Crippen molar-refractivity contribution in [2.24, 2.45) is 0 Å². The van der Waals surface area contributed by atoms with E-state index in [-0.39, 0.29) is 5.91 Å². The van der Waals surface area contributed by atoms with E-state index >= 15 is 0 Å². The first kappa shape index (κ1) is 12.6. The molecule has 0 unspecified atom stereocenters. The molecule has 2 aromatic rings. The maximum Gasteiger partial charge on any atom is 0.287 e. The second-order valence-corrected chi connectivity index (χ2v) is 4.26. The first-order valence-electron chi connectivity index (χ1n) is 6.20. The van der Waals surface area contributed by atoms with Gasteiger partial charge in [0.2, 0.25) is 0 Å². The summed E-state index contributed by atoms with van der Waals surface area (Å²) < 4.78 is 5.51. The molecular formula is C14H18N2O2. The molecule has 1 aromatic heterocycles. The summed E-state index contributed by atoms with van der Waals surface area (Å²) in [5.74, 6) is 0.203. The summed E-state index contributed by atoms with van der Waals surface area (Å²) in [6.45, 7) is 6.32. The van der Waals surface area contributed by atoms with Crippen molar-refractivity contribution in [2.45, 2.75) is 13.8 Å². The highest BCUT2D eigenvalue weighted by Crippen LogP contribution is 2.20. The van der Waals surface area contributed by atoms with Gasteiger partial charge in [-0.2, -0.15) is 0 Å². The van der Waals surface area contributed by atoms with Crippen LogP contribution in [0, 0.1) is 6.92 Å². The van der Waals surface area contributed by atoms with Crippen molar-refractivity contribution >= 4 is 16.9 Å². The highest BCUT2D eigenvalue weighted by molar-refractivity contribution is 5.96. The van der Waals surface area contributed by atoms with Gasteiger partial charge in [0.15, 0.2) is 5.76 Å². The van der Waals surface area contributed by atoms with E-state index in [0.717, 1.165) is 29.6 Å². The molecule has 2 N–H and O–H groups in total. The van der Waals surface area contributed by atoms with Crippen molar-refractivity contribution in [1.82, 2.24) is 10.6 Å². The third-order valence-corrected chi connectivity index (χ3v) is 2.73. The summed E-state index contributed by atoms with van der Waals surface area (Å²) in [7, 11) is 0. The molecular weight excluding hydrogens is 228 g/mol. The Morgan fingerprint density at radius 2 is 2.11 bits per heavy atom. The highest BCUT2D eigenvalue weighted by Gasteiger charge is 2.11. The maximum atomic E-state index is 11.8. The van der Waals surface area contributed by atoms with Crippen molar-refractivity contribution in [1.29, 1.82) is 0 Å². The van der Waals surface area contributed by atoms with E-state index in [1.54, 1.807) is 6.07 Å². The smallest absolute Gasteiger partial charge is 0.287 e. The fourth-order valence-corrected chi connectivity index (χ4v) is 1.80. The van der Waals surface area contributed by atoms with Crippen molar-refractivity contribution in [3.8, 4) is 0 Å². The molecule has 0 bridgehead atoms. The van der Waals surface area contributed by atoms with Crippen molar-refractivity contribution in [3.63, 3.8) is 0 Å². The van der Waals surface area contributed by atoms with Gasteiger partial charge >= 0.3 is 0 Å². The Morgan fingerprint density at radius 3 is 2.89 bits per heavy atom. The standard InChI is InChI=1S/C14H18N2O2/c1-3-15-6-7-16-14(17)13-9-11-8-10(2)4-5-12(11)18-13/h4-5,8-9,15H,3,6-7H2,1-2H3,(H,16,17). The minimum absolute atomic E-state index is 0.165. The summed E-state index contributed by atoms with van der Waals surface area (Å²) in [5.41, 5.74) is 1.90. The molecule has 0 atom stereocenters. The van der Waals surface area contributed by atoms with Gasteiger partial charge in [0.05, 0.1) is 0 Å². The number of benzene rings is 1. The van der Waals surface area contributed by atoms with Gasteiger partial charge < -0.3 is 15.1 Å². The van der Waals surface area contributed by atoms with Gasteiger partial charge in [0.25, 0.3) is 5.91 Å². The molecule has 0 radical (unpaired) electrons. The molecule has 0 aliphatic heterocycles. The number of likely N-dealkylation sites (N-methyl/N-ethyl adjacent to an activating group) is 1. The Labute approximate surface area is 106 Å². The number of carbonyl (C=O) groups is 1. The van der Waals surface area contributed by atoms with Crippen LogP contribution < -0.4 is 10.6 Å². The molecule has 4 heteroatoms. The minimum Gasteiger partial charge on any atom is -0.451 e. The molecule has 0 saturated carbocycles. The van der Waals surface area contributed by atoms with Crippen LogP contribution in [0.25, 0.3) is 11.0 Å². The van der Waals surface area contributed by atoms with Crippen LogP contribution in [0.1, 0.15) is 23.0 Å². The number of carbonyl (C=O) groups excluding carboxylic acids is 1. The number of furan rings is 1. The molecule has 0 aliphatic rings. The topological polar surface area (TPSA) is 54.3 Å². The monoisotopic (exact) mass is 246 g/mol. The Bertz CT molecular complexity index is 546. The van der Waals surface area contributed by atoms with Crippen LogP contribution in [-0.2, 0) is 0 Å². The second-order valence-electron chi connectivity index (χ2n) is 4.26. The first-order valence-corrected chi connectivity index (χ1v) is 6.20. The van der Waals surface area contributed by atoms with Crippen LogP contribution in [0.4, 0.5) is 0 Å². The van der Waals surface area contributed by atoms with E-state index in [1.165, 1.54) is 0 Å². The predicted molar refractivity (Wildman–Crippen MR) is 71.8 cm³/mol. The number of fused-ring (bicyclic) bond motifs is 1. The van der Waals surface area contributed by atoms with Gasteiger partial charge in [-0.05, 0) is 31.7 Å². The lowest BCUT2D eigenvalue weighted by Gasteiger charge is -2.02. The summed E-state index contributed by atoms with van der Waals surface area (Å²) in [4.78, 5) is 11.8. The summed E-state index contributed by atoms with van der Waals surface area (Å²) in [6.07, 6.45) is 0. The van der Waals surface area contributed by atoms with Crippen LogP contribution in [0.2, 0.25) is 0 Å². The average Bonchev–Trinajstić information content (AvgIpc) is 2.77. The lowest BCUT2D eigenvalue weighted by molar-refractivity contribution is 0.0928. The molecule has 1 aromatic carbocycles. The normalized spacial score (nSPS) is 10.8. The van der Waals surface area contributed by atoms with Crippen molar-refractivity contribution < 1.29 is 9.21 Å². The van der Waals surface area contributed by atoms with Gasteiger partial charge in [0.1, 0.15) is 5.58 Å². The molecule has 0 aliphatic carbocycles. The SMILES string of the molecule is CCNCCNC(=O)c1cc2cc(C)ccc2o1. The predicted octanol–water partition coefficient (Wildman–Crippen LogP) is 2.08. The van der Waals surface area contributed by atoms with Gasteiger partial charge in [-0.1, -0.05) is 18.6 Å². The molecule has 1 heterocycles. The average molecular weight is 246 g/mol. The van der Waals surface area contributed by atoms with Crippen LogP contribution >= 0.6 is 0 Å². The van der Waals surface area contributed by atoms with Crippen molar-refractivity contribution in [2.75, 3.05) is 19.6 Å². The van der Waals surface area contributed by atoms with Gasteiger partial charge in [-0.3, -0.25) is 4.79 Å². The molecule has 0 spiro atoms. The van der Waals surface area contributed by atoms with E-state index in [9.17, 15) is 4.79 Å². The number of hydrogen-bond donors (Lipinski definition) is 2.